The molecule has 3 N–H and O–H groups in total. The lowest BCUT2D eigenvalue weighted by Crippen LogP contribution is -2.48. The molecule has 1 aromatic carbocycles. The second kappa shape index (κ2) is 11.0. The van der Waals surface area contributed by atoms with Crippen LogP contribution in [0.25, 0.3) is 0 Å². The summed E-state index contributed by atoms with van der Waals surface area (Å²) in [5, 5.41) is 0.999. The van der Waals surface area contributed by atoms with Gasteiger partial charge in [0, 0.05) is 41.8 Å². The first-order valence-electron chi connectivity index (χ1n) is 8.53. The number of nitrogens with zero attached hydrogens (tertiary/aromatic N) is 2. The fourth-order valence-corrected chi connectivity index (χ4v) is 3.74. The summed E-state index contributed by atoms with van der Waals surface area (Å²) in [5.41, 5.74) is 6.00. The molecule has 3 rings (SSSR count). The molecule has 28 heavy (non-hydrogen) atoms. The maximum atomic E-state index is 12.7. The zero-order valence-electron chi connectivity index (χ0n) is 15.0. The van der Waals surface area contributed by atoms with Crippen molar-refractivity contribution in [3.8, 4) is 0 Å². The molecule has 2 aromatic rings. The molecule has 1 aliphatic rings. The minimum absolute atomic E-state index is 0. The van der Waals surface area contributed by atoms with E-state index in [1.165, 1.54) is 6.20 Å². The number of hydrogen-bond acceptors (Lipinski definition) is 4. The van der Waals surface area contributed by atoms with E-state index in [0.29, 0.717) is 34.5 Å². The van der Waals surface area contributed by atoms with E-state index in [4.69, 9.17) is 28.9 Å². The van der Waals surface area contributed by atoms with Gasteiger partial charge in [0.15, 0.2) is 0 Å². The van der Waals surface area contributed by atoms with Crippen LogP contribution in [0.2, 0.25) is 10.0 Å². The summed E-state index contributed by atoms with van der Waals surface area (Å²) in [6.45, 7) is 0.997. The predicted molar refractivity (Wildman–Crippen MR) is 116 cm³/mol. The Bertz CT molecular complexity index is 855. The topological polar surface area (TPSA) is 92.1 Å². The monoisotopic (exact) mass is 466 g/mol. The molecule has 154 valence electrons. The van der Waals surface area contributed by atoms with E-state index >= 15 is 0 Å². The van der Waals surface area contributed by atoms with Gasteiger partial charge in [-0.1, -0.05) is 29.3 Å². The van der Waals surface area contributed by atoms with Crippen LogP contribution < -0.4 is 11.3 Å². The molecule has 0 saturated carbocycles. The molecule has 6 nitrogen and oxygen atoms in total. The number of carbonyl (C=O) groups is 1. The van der Waals surface area contributed by atoms with Crippen molar-refractivity contribution >= 4 is 53.9 Å². The number of amides is 1. The highest BCUT2D eigenvalue weighted by molar-refractivity contribution is 6.36. The van der Waals surface area contributed by atoms with Gasteiger partial charge in [-0.15, -0.1) is 24.8 Å². The summed E-state index contributed by atoms with van der Waals surface area (Å²) in [6.07, 6.45) is 4.41. The number of aromatic amines is 1. The Kier molecular flexibility index (Phi) is 9.74. The largest absolute Gasteiger partial charge is 0.334 e. The number of likely N-dealkylation sites (tertiary alicyclic amines) is 1. The van der Waals surface area contributed by atoms with Crippen LogP contribution in [0.4, 0.5) is 0 Å². The standard InChI is InChI=1S/C18H20Cl2N4O2.2ClH/c19-14-5-3-6-15(20)12(14)8-16-22-10-13(17(25)23-16)18(26)24-7-2-1-4-11(24)9-21;;/h3,5-6,10-11H,1-2,4,7-9,21H2,(H,22,23,25);2*1H. The average Bonchev–Trinajstić information content (AvgIpc) is 2.64. The molecule has 1 aromatic heterocycles. The van der Waals surface area contributed by atoms with Gasteiger partial charge in [0.1, 0.15) is 11.4 Å². The van der Waals surface area contributed by atoms with Gasteiger partial charge >= 0.3 is 0 Å². The number of piperidine rings is 1. The molecule has 0 spiro atoms. The Labute approximate surface area is 185 Å². The molecular formula is C18H22Cl4N4O2. The Balaban J connectivity index is 0.00000196. The molecule has 1 saturated heterocycles. The highest BCUT2D eigenvalue weighted by Gasteiger charge is 2.28. The summed E-state index contributed by atoms with van der Waals surface area (Å²) < 4.78 is 0. The number of aromatic nitrogens is 2. The van der Waals surface area contributed by atoms with Gasteiger partial charge in [-0.05, 0) is 37.0 Å². The summed E-state index contributed by atoms with van der Waals surface area (Å²) in [6, 6.07) is 5.17. The third-order valence-electron chi connectivity index (χ3n) is 4.65. The van der Waals surface area contributed by atoms with E-state index in [2.05, 4.69) is 9.97 Å². The first-order valence-corrected chi connectivity index (χ1v) is 9.29. The van der Waals surface area contributed by atoms with Crippen molar-refractivity contribution in [1.29, 1.82) is 0 Å². The molecule has 1 aliphatic heterocycles. The van der Waals surface area contributed by atoms with E-state index in [9.17, 15) is 9.59 Å². The quantitative estimate of drug-likeness (QED) is 0.719. The smallest absolute Gasteiger partial charge is 0.263 e. The van der Waals surface area contributed by atoms with Gasteiger partial charge in [0.2, 0.25) is 0 Å². The van der Waals surface area contributed by atoms with Crippen molar-refractivity contribution in [2.75, 3.05) is 13.1 Å². The minimum atomic E-state index is -0.468. The second-order valence-corrected chi connectivity index (χ2v) is 7.15. The highest BCUT2D eigenvalue weighted by Crippen LogP contribution is 2.25. The fourth-order valence-electron chi connectivity index (χ4n) is 3.21. The number of nitrogens with one attached hydrogen (secondary N) is 1. The van der Waals surface area contributed by atoms with Crippen LogP contribution in [0.3, 0.4) is 0 Å². The van der Waals surface area contributed by atoms with Crippen molar-refractivity contribution in [2.45, 2.75) is 31.7 Å². The third kappa shape index (κ3) is 5.39. The lowest BCUT2D eigenvalue weighted by molar-refractivity contribution is 0.0621. The van der Waals surface area contributed by atoms with E-state index < -0.39 is 5.56 Å². The van der Waals surface area contributed by atoms with Crippen molar-refractivity contribution in [1.82, 2.24) is 14.9 Å². The third-order valence-corrected chi connectivity index (χ3v) is 5.36. The number of rotatable bonds is 4. The van der Waals surface area contributed by atoms with E-state index in [1.807, 2.05) is 0 Å². The molecular weight excluding hydrogens is 446 g/mol. The molecule has 0 bridgehead atoms. The SMILES string of the molecule is Cl.Cl.NCC1CCCCN1C(=O)c1cnc(Cc2c(Cl)cccc2Cl)[nH]c1=O. The number of nitrogens with two attached hydrogens (primary N) is 1. The molecule has 0 aliphatic carbocycles. The van der Waals surface area contributed by atoms with E-state index in [1.54, 1.807) is 23.1 Å². The molecule has 1 atom stereocenters. The van der Waals surface area contributed by atoms with Gasteiger partial charge in [0.05, 0.1) is 0 Å². The maximum absolute atomic E-state index is 12.7. The fraction of sp³-hybridized carbons (Fsp3) is 0.389. The summed E-state index contributed by atoms with van der Waals surface area (Å²) in [4.78, 5) is 33.8. The minimum Gasteiger partial charge on any atom is -0.334 e. The number of halogens is 4. The van der Waals surface area contributed by atoms with Gasteiger partial charge in [-0.25, -0.2) is 4.98 Å². The number of carbonyl (C=O) groups excluding carboxylic acids is 1. The predicted octanol–water partition coefficient (Wildman–Crippen LogP) is 3.46. The summed E-state index contributed by atoms with van der Waals surface area (Å²) in [7, 11) is 0. The first-order chi connectivity index (χ1) is 12.5. The first kappa shape index (κ1) is 24.7. The van der Waals surface area contributed by atoms with Crippen LogP contribution >= 0.6 is 48.0 Å². The van der Waals surface area contributed by atoms with Crippen molar-refractivity contribution in [3.05, 3.63) is 61.7 Å². The summed E-state index contributed by atoms with van der Waals surface area (Å²) in [5.74, 6) is 0.0757. The van der Waals surface area contributed by atoms with Crippen LogP contribution in [0.5, 0.6) is 0 Å². The normalized spacial score (nSPS) is 16.1. The highest BCUT2D eigenvalue weighted by atomic mass is 35.5. The van der Waals surface area contributed by atoms with Crippen LogP contribution in [-0.4, -0.2) is 39.9 Å². The Morgan fingerprint density at radius 2 is 1.93 bits per heavy atom. The summed E-state index contributed by atoms with van der Waals surface area (Å²) >= 11 is 12.3. The Hall–Kier alpha value is -1.31. The molecule has 10 heteroatoms. The number of hydrogen-bond donors (Lipinski definition) is 2. The molecule has 1 fully saturated rings. The van der Waals surface area contributed by atoms with Crippen molar-refractivity contribution < 1.29 is 4.79 Å². The molecule has 1 amide bonds. The van der Waals surface area contributed by atoms with Gasteiger partial charge in [-0.2, -0.15) is 0 Å². The Morgan fingerprint density at radius 1 is 1.25 bits per heavy atom. The van der Waals surface area contributed by atoms with Crippen LogP contribution in [-0.2, 0) is 6.42 Å². The average molecular weight is 468 g/mol. The number of H-pyrrole nitrogens is 1. The van der Waals surface area contributed by atoms with Crippen LogP contribution in [0.1, 0.15) is 41.0 Å². The molecule has 1 unspecified atom stereocenters. The lowest BCUT2D eigenvalue weighted by Gasteiger charge is -2.34. The van der Waals surface area contributed by atoms with Gasteiger partial charge in [-0.3, -0.25) is 9.59 Å². The van der Waals surface area contributed by atoms with Crippen LogP contribution in [0.15, 0.2) is 29.2 Å². The Morgan fingerprint density at radius 3 is 2.54 bits per heavy atom. The zero-order chi connectivity index (χ0) is 18.7. The molecule has 2 heterocycles. The van der Waals surface area contributed by atoms with Gasteiger partial charge < -0.3 is 15.6 Å². The van der Waals surface area contributed by atoms with Crippen molar-refractivity contribution in [3.63, 3.8) is 0 Å². The van der Waals surface area contributed by atoms with E-state index in [0.717, 1.165) is 19.3 Å². The van der Waals surface area contributed by atoms with Crippen LogP contribution in [0, 0.1) is 0 Å². The maximum Gasteiger partial charge on any atom is 0.263 e. The van der Waals surface area contributed by atoms with Gasteiger partial charge in [0.25, 0.3) is 11.5 Å². The second-order valence-electron chi connectivity index (χ2n) is 6.33. The number of benzene rings is 1. The molecule has 0 radical (unpaired) electrons. The van der Waals surface area contributed by atoms with Crippen molar-refractivity contribution in [2.24, 2.45) is 5.73 Å². The van der Waals surface area contributed by atoms with E-state index in [-0.39, 0.29) is 48.7 Å². The zero-order valence-corrected chi connectivity index (χ0v) is 18.1. The lowest BCUT2D eigenvalue weighted by atomic mass is 10.0.